The fraction of sp³-hybridized carbons (Fsp3) is 0.462. The fourth-order valence-corrected chi connectivity index (χ4v) is 2.46. The highest BCUT2D eigenvalue weighted by Crippen LogP contribution is 2.36. The topological polar surface area (TPSA) is 72.5 Å². The number of methoxy groups -OCH3 is 1. The van der Waals surface area contributed by atoms with Crippen LogP contribution < -0.4 is 10.5 Å². The lowest BCUT2D eigenvalue weighted by atomic mass is 9.96. The Hall–Kier alpha value is -1.07. The van der Waals surface area contributed by atoms with E-state index in [9.17, 15) is 4.79 Å². The molecule has 0 spiro atoms. The molecule has 1 unspecified atom stereocenters. The second-order valence-electron chi connectivity index (χ2n) is 4.48. The van der Waals surface area contributed by atoms with Crippen LogP contribution >= 0.6 is 15.9 Å². The summed E-state index contributed by atoms with van der Waals surface area (Å²) in [5.74, 6) is 0.144. The van der Waals surface area contributed by atoms with Crippen LogP contribution in [0.4, 0.5) is 0 Å². The number of carbonyl (C=O) groups is 1. The average molecular weight is 316 g/mol. The van der Waals surface area contributed by atoms with Crippen LogP contribution in [-0.2, 0) is 4.79 Å². The van der Waals surface area contributed by atoms with Gasteiger partial charge in [0.05, 0.1) is 18.0 Å². The van der Waals surface area contributed by atoms with Gasteiger partial charge in [-0.05, 0) is 39.0 Å². The highest BCUT2D eigenvalue weighted by molar-refractivity contribution is 9.10. The second kappa shape index (κ2) is 6.20. The number of nitrogens with two attached hydrogens (primary N) is 1. The smallest absolute Gasteiger partial charge is 0.305 e. The molecule has 5 heteroatoms. The molecule has 1 aromatic carbocycles. The molecule has 0 saturated carbocycles. The van der Waals surface area contributed by atoms with Gasteiger partial charge >= 0.3 is 5.97 Å². The molecule has 0 fully saturated rings. The standard InChI is InChI=1S/C13H18BrNO3/c1-7(2)9-4-8(11(15)6-12(16)17)5-10(14)13(9)18-3/h4-5,7,11H,6,15H2,1-3H3,(H,16,17). The summed E-state index contributed by atoms with van der Waals surface area (Å²) in [6.07, 6.45) is -0.0870. The molecular formula is C13H18BrNO3. The summed E-state index contributed by atoms with van der Waals surface area (Å²) in [4.78, 5) is 10.7. The van der Waals surface area contributed by atoms with Crippen molar-refractivity contribution in [3.63, 3.8) is 0 Å². The highest BCUT2D eigenvalue weighted by Gasteiger charge is 2.17. The molecule has 0 amide bonds. The summed E-state index contributed by atoms with van der Waals surface area (Å²) >= 11 is 3.43. The minimum absolute atomic E-state index is 0.0870. The molecule has 1 atom stereocenters. The fourth-order valence-electron chi connectivity index (χ4n) is 1.80. The van der Waals surface area contributed by atoms with Gasteiger partial charge in [0.1, 0.15) is 5.75 Å². The lowest BCUT2D eigenvalue weighted by molar-refractivity contribution is -0.137. The number of hydrogen-bond acceptors (Lipinski definition) is 3. The number of ether oxygens (including phenoxy) is 1. The van der Waals surface area contributed by atoms with E-state index in [-0.39, 0.29) is 12.3 Å². The molecule has 0 saturated heterocycles. The molecular weight excluding hydrogens is 298 g/mol. The summed E-state index contributed by atoms with van der Waals surface area (Å²) in [5.41, 5.74) is 7.70. The minimum atomic E-state index is -0.902. The Morgan fingerprint density at radius 3 is 2.56 bits per heavy atom. The molecule has 18 heavy (non-hydrogen) atoms. The van der Waals surface area contributed by atoms with E-state index in [0.717, 1.165) is 21.3 Å². The lowest BCUT2D eigenvalue weighted by Crippen LogP contribution is -2.15. The molecule has 0 bridgehead atoms. The number of halogens is 1. The number of aliphatic carboxylic acids is 1. The van der Waals surface area contributed by atoms with Crippen molar-refractivity contribution in [2.24, 2.45) is 5.73 Å². The number of carboxylic acids is 1. The van der Waals surface area contributed by atoms with Crippen molar-refractivity contribution in [1.29, 1.82) is 0 Å². The summed E-state index contributed by atoms with van der Waals surface area (Å²) in [7, 11) is 1.61. The Bertz CT molecular complexity index is 446. The number of hydrogen-bond donors (Lipinski definition) is 2. The van der Waals surface area contributed by atoms with Crippen LogP contribution in [0.1, 0.15) is 43.4 Å². The van der Waals surface area contributed by atoms with Crippen molar-refractivity contribution < 1.29 is 14.6 Å². The SMILES string of the molecule is COc1c(Br)cc(C(N)CC(=O)O)cc1C(C)C. The van der Waals surface area contributed by atoms with Gasteiger partial charge in [0.25, 0.3) is 0 Å². The molecule has 3 N–H and O–H groups in total. The number of carboxylic acid groups (broad SMARTS) is 1. The number of benzene rings is 1. The van der Waals surface area contributed by atoms with Gasteiger partial charge in [-0.1, -0.05) is 19.9 Å². The third kappa shape index (κ3) is 3.46. The first-order valence-corrected chi connectivity index (χ1v) is 6.50. The van der Waals surface area contributed by atoms with E-state index in [1.165, 1.54) is 0 Å². The third-order valence-electron chi connectivity index (χ3n) is 2.74. The van der Waals surface area contributed by atoms with Gasteiger partial charge in [-0.25, -0.2) is 0 Å². The Kier molecular flexibility index (Phi) is 5.16. The van der Waals surface area contributed by atoms with Crippen LogP contribution in [-0.4, -0.2) is 18.2 Å². The summed E-state index contributed by atoms with van der Waals surface area (Å²) < 4.78 is 6.15. The number of rotatable bonds is 5. The monoisotopic (exact) mass is 315 g/mol. The Labute approximate surface area is 115 Å². The van der Waals surface area contributed by atoms with Gasteiger partial charge in [0.2, 0.25) is 0 Å². The van der Waals surface area contributed by atoms with Crippen molar-refractivity contribution in [1.82, 2.24) is 0 Å². The second-order valence-corrected chi connectivity index (χ2v) is 5.34. The van der Waals surface area contributed by atoms with Crippen LogP contribution in [0.15, 0.2) is 16.6 Å². The molecule has 0 heterocycles. The van der Waals surface area contributed by atoms with Crippen molar-refractivity contribution in [2.45, 2.75) is 32.2 Å². The van der Waals surface area contributed by atoms with E-state index < -0.39 is 12.0 Å². The van der Waals surface area contributed by atoms with E-state index in [0.29, 0.717) is 0 Å². The zero-order valence-electron chi connectivity index (χ0n) is 10.7. The average Bonchev–Trinajstić information content (AvgIpc) is 2.26. The maximum atomic E-state index is 10.7. The third-order valence-corrected chi connectivity index (χ3v) is 3.33. The molecule has 0 radical (unpaired) electrons. The normalized spacial score (nSPS) is 12.6. The molecule has 0 aliphatic carbocycles. The van der Waals surface area contributed by atoms with Crippen molar-refractivity contribution in [2.75, 3.05) is 7.11 Å². The molecule has 4 nitrogen and oxygen atoms in total. The zero-order chi connectivity index (χ0) is 13.9. The molecule has 1 aromatic rings. The maximum Gasteiger partial charge on any atom is 0.305 e. The first-order chi connectivity index (χ1) is 8.36. The van der Waals surface area contributed by atoms with Gasteiger partial charge in [0.15, 0.2) is 0 Å². The predicted octanol–water partition coefficient (Wildman–Crippen LogP) is 3.06. The Balaban J connectivity index is 3.20. The van der Waals surface area contributed by atoms with Gasteiger partial charge in [-0.2, -0.15) is 0 Å². The maximum absolute atomic E-state index is 10.7. The van der Waals surface area contributed by atoms with E-state index in [2.05, 4.69) is 29.8 Å². The van der Waals surface area contributed by atoms with Crippen LogP contribution in [0.5, 0.6) is 5.75 Å². The van der Waals surface area contributed by atoms with E-state index in [4.69, 9.17) is 15.6 Å². The van der Waals surface area contributed by atoms with Gasteiger partial charge in [0, 0.05) is 6.04 Å². The van der Waals surface area contributed by atoms with E-state index in [1.54, 1.807) is 7.11 Å². The molecule has 100 valence electrons. The summed E-state index contributed by atoms with van der Waals surface area (Å²) in [5, 5.41) is 8.78. The highest BCUT2D eigenvalue weighted by atomic mass is 79.9. The minimum Gasteiger partial charge on any atom is -0.495 e. The van der Waals surface area contributed by atoms with Gasteiger partial charge in [-0.15, -0.1) is 0 Å². The molecule has 0 aliphatic rings. The van der Waals surface area contributed by atoms with E-state index >= 15 is 0 Å². The quantitative estimate of drug-likeness (QED) is 0.876. The van der Waals surface area contributed by atoms with Gasteiger partial charge in [-0.3, -0.25) is 4.79 Å². The first-order valence-electron chi connectivity index (χ1n) is 5.71. The zero-order valence-corrected chi connectivity index (χ0v) is 12.3. The van der Waals surface area contributed by atoms with Crippen molar-refractivity contribution >= 4 is 21.9 Å². The molecule has 1 rings (SSSR count). The van der Waals surface area contributed by atoms with Crippen LogP contribution in [0.2, 0.25) is 0 Å². The molecule has 0 aliphatic heterocycles. The van der Waals surface area contributed by atoms with E-state index in [1.807, 2.05) is 12.1 Å². The lowest BCUT2D eigenvalue weighted by Gasteiger charge is -2.18. The Morgan fingerprint density at radius 2 is 2.11 bits per heavy atom. The molecule has 0 aromatic heterocycles. The predicted molar refractivity (Wildman–Crippen MR) is 74.0 cm³/mol. The largest absolute Gasteiger partial charge is 0.495 e. The van der Waals surface area contributed by atoms with Crippen LogP contribution in [0.3, 0.4) is 0 Å². The van der Waals surface area contributed by atoms with Crippen molar-refractivity contribution in [3.05, 3.63) is 27.7 Å². The van der Waals surface area contributed by atoms with Crippen LogP contribution in [0, 0.1) is 0 Å². The van der Waals surface area contributed by atoms with Crippen LogP contribution in [0.25, 0.3) is 0 Å². The summed E-state index contributed by atoms with van der Waals surface area (Å²) in [6.45, 7) is 4.10. The van der Waals surface area contributed by atoms with Gasteiger partial charge < -0.3 is 15.6 Å². The first kappa shape index (κ1) is 15.0. The Morgan fingerprint density at radius 1 is 1.50 bits per heavy atom. The summed E-state index contributed by atoms with van der Waals surface area (Å²) in [6, 6.07) is 3.22. The van der Waals surface area contributed by atoms with Crippen molar-refractivity contribution in [3.8, 4) is 5.75 Å².